The summed E-state index contributed by atoms with van der Waals surface area (Å²) in [5, 5.41) is 3.43. The Balaban J connectivity index is 2.29. The van der Waals surface area contributed by atoms with Crippen LogP contribution in [0.5, 0.6) is 0 Å². The van der Waals surface area contributed by atoms with Crippen LogP contribution < -0.4 is 16.8 Å². The Morgan fingerprint density at radius 3 is 3.00 bits per heavy atom. The zero-order valence-corrected chi connectivity index (χ0v) is 13.1. The third kappa shape index (κ3) is 3.67. The van der Waals surface area contributed by atoms with E-state index < -0.39 is 0 Å². The third-order valence-electron chi connectivity index (χ3n) is 3.87. The fourth-order valence-electron chi connectivity index (χ4n) is 2.68. The number of nitrogens with zero attached hydrogens (tertiary/aromatic N) is 2. The molecule has 5 heteroatoms. The maximum absolute atomic E-state index is 6.29. The lowest BCUT2D eigenvalue weighted by Gasteiger charge is -2.36. The molecule has 1 unspecified atom stereocenters. The summed E-state index contributed by atoms with van der Waals surface area (Å²) in [6, 6.07) is 0. The predicted molar refractivity (Wildman–Crippen MR) is 87.8 cm³/mol. The van der Waals surface area contributed by atoms with Crippen molar-refractivity contribution in [3.8, 4) is 0 Å². The topological polar surface area (TPSA) is 79.7 Å². The predicted octanol–water partition coefficient (Wildman–Crippen LogP) is 2.35. The molecule has 0 fully saturated rings. The van der Waals surface area contributed by atoms with Crippen molar-refractivity contribution in [1.29, 1.82) is 0 Å². The normalized spacial score (nSPS) is 23.2. The van der Waals surface area contributed by atoms with Crippen LogP contribution in [0.2, 0.25) is 0 Å². The first-order valence-electron chi connectivity index (χ1n) is 7.84. The van der Waals surface area contributed by atoms with Crippen LogP contribution in [-0.2, 0) is 0 Å². The fourth-order valence-corrected chi connectivity index (χ4v) is 2.68. The molecule has 2 aliphatic rings. The molecule has 0 amide bonds. The van der Waals surface area contributed by atoms with Crippen molar-refractivity contribution in [2.75, 3.05) is 6.54 Å². The fraction of sp³-hybridized carbons (Fsp3) is 0.562. The molecule has 1 aliphatic carbocycles. The number of aliphatic imine (C=N–C) groups is 1. The number of hydrogen-bond acceptors (Lipinski definition) is 5. The van der Waals surface area contributed by atoms with Gasteiger partial charge in [0.2, 0.25) is 0 Å². The van der Waals surface area contributed by atoms with E-state index in [2.05, 4.69) is 24.2 Å². The van der Waals surface area contributed by atoms with Gasteiger partial charge in [0.15, 0.2) is 11.6 Å². The molecular formula is C16H27N5. The van der Waals surface area contributed by atoms with Gasteiger partial charge in [-0.15, -0.1) is 0 Å². The maximum atomic E-state index is 6.29. The second-order valence-electron chi connectivity index (χ2n) is 5.72. The lowest BCUT2D eigenvalue weighted by Crippen LogP contribution is -2.37. The molecule has 5 nitrogen and oxygen atoms in total. The molecular weight excluding hydrogens is 262 g/mol. The number of hydrogen-bond donors (Lipinski definition) is 3. The Kier molecular flexibility index (Phi) is 5.44. The zero-order valence-electron chi connectivity index (χ0n) is 13.1. The van der Waals surface area contributed by atoms with Crippen LogP contribution in [0, 0.1) is 5.92 Å². The number of nitrogens with one attached hydrogen (secondary N) is 1. The van der Waals surface area contributed by atoms with E-state index in [1.807, 2.05) is 23.4 Å². The SMILES string of the molecule is CCCC=NC1=C(N)N(/C=C/CN)C2=C(CC(C)CC2)N1. The molecule has 0 bridgehead atoms. The first-order chi connectivity index (χ1) is 10.2. The minimum atomic E-state index is 0.505. The maximum Gasteiger partial charge on any atom is 0.171 e. The van der Waals surface area contributed by atoms with Crippen LogP contribution in [0.3, 0.4) is 0 Å². The number of nitrogens with two attached hydrogens (primary N) is 2. The molecule has 0 radical (unpaired) electrons. The summed E-state index contributed by atoms with van der Waals surface area (Å²) < 4.78 is 0. The van der Waals surface area contributed by atoms with Gasteiger partial charge in [-0.2, -0.15) is 0 Å². The highest BCUT2D eigenvalue weighted by Crippen LogP contribution is 2.34. The van der Waals surface area contributed by atoms with Gasteiger partial charge >= 0.3 is 0 Å². The van der Waals surface area contributed by atoms with E-state index in [1.54, 1.807) is 0 Å². The van der Waals surface area contributed by atoms with Gasteiger partial charge in [-0.25, -0.2) is 4.99 Å². The molecule has 1 heterocycles. The minimum Gasteiger partial charge on any atom is -0.382 e. The number of rotatable bonds is 5. The molecule has 0 aromatic heterocycles. The van der Waals surface area contributed by atoms with Crippen molar-refractivity contribution >= 4 is 6.21 Å². The van der Waals surface area contributed by atoms with Crippen LogP contribution in [-0.4, -0.2) is 17.7 Å². The minimum absolute atomic E-state index is 0.505. The molecule has 0 aromatic carbocycles. The largest absolute Gasteiger partial charge is 0.382 e. The van der Waals surface area contributed by atoms with E-state index in [1.165, 1.54) is 17.8 Å². The van der Waals surface area contributed by atoms with Crippen molar-refractivity contribution in [2.45, 2.75) is 46.0 Å². The van der Waals surface area contributed by atoms with Gasteiger partial charge in [-0.1, -0.05) is 26.3 Å². The second-order valence-corrected chi connectivity index (χ2v) is 5.72. The molecule has 0 spiro atoms. The van der Waals surface area contributed by atoms with Gasteiger partial charge in [0.1, 0.15) is 0 Å². The average molecular weight is 289 g/mol. The summed E-state index contributed by atoms with van der Waals surface area (Å²) in [5.41, 5.74) is 14.4. The van der Waals surface area contributed by atoms with Gasteiger partial charge in [-0.3, -0.25) is 0 Å². The Hall–Kier alpha value is -1.75. The van der Waals surface area contributed by atoms with Gasteiger partial charge < -0.3 is 21.7 Å². The second kappa shape index (κ2) is 7.31. The van der Waals surface area contributed by atoms with E-state index in [4.69, 9.17) is 11.5 Å². The summed E-state index contributed by atoms with van der Waals surface area (Å²) in [4.78, 5) is 6.55. The Morgan fingerprint density at radius 2 is 2.29 bits per heavy atom. The van der Waals surface area contributed by atoms with Crippen LogP contribution in [0.15, 0.2) is 40.3 Å². The highest BCUT2D eigenvalue weighted by molar-refractivity contribution is 5.59. The first kappa shape index (κ1) is 15.6. The van der Waals surface area contributed by atoms with Crippen molar-refractivity contribution in [3.63, 3.8) is 0 Å². The van der Waals surface area contributed by atoms with Crippen molar-refractivity contribution < 1.29 is 0 Å². The van der Waals surface area contributed by atoms with Gasteiger partial charge in [0.05, 0.1) is 0 Å². The molecule has 0 aromatic rings. The Labute approximate surface area is 127 Å². The smallest absolute Gasteiger partial charge is 0.171 e. The summed E-state index contributed by atoms with van der Waals surface area (Å²) in [5.74, 6) is 2.09. The molecule has 0 saturated heterocycles. The Bertz CT molecular complexity index is 487. The standard InChI is InChI=1S/C16H27N5/c1-3-4-9-19-16-15(18)21(10-5-8-17)14-7-6-12(2)11-13(14)20-16/h5,9-10,12,20H,3-4,6-8,11,17-18H2,1-2H3/b10-5+,19-9?. The lowest BCUT2D eigenvalue weighted by atomic mass is 9.90. The molecule has 116 valence electrons. The number of unbranched alkanes of at least 4 members (excludes halogenated alkanes) is 1. The van der Waals surface area contributed by atoms with Crippen LogP contribution in [0.1, 0.15) is 46.0 Å². The van der Waals surface area contributed by atoms with Gasteiger partial charge in [0, 0.05) is 30.4 Å². The van der Waals surface area contributed by atoms with Gasteiger partial charge in [0.25, 0.3) is 0 Å². The summed E-state index contributed by atoms with van der Waals surface area (Å²) in [7, 11) is 0. The number of allylic oxidation sites excluding steroid dienone is 2. The zero-order chi connectivity index (χ0) is 15.2. The van der Waals surface area contributed by atoms with E-state index in [-0.39, 0.29) is 0 Å². The Morgan fingerprint density at radius 1 is 1.48 bits per heavy atom. The molecule has 1 atom stereocenters. The molecule has 1 aliphatic heterocycles. The van der Waals surface area contributed by atoms with E-state index in [9.17, 15) is 0 Å². The third-order valence-corrected chi connectivity index (χ3v) is 3.87. The van der Waals surface area contributed by atoms with E-state index in [0.717, 1.165) is 31.5 Å². The molecule has 2 rings (SSSR count). The summed E-state index contributed by atoms with van der Waals surface area (Å²) in [6.45, 7) is 4.93. The highest BCUT2D eigenvalue weighted by atomic mass is 15.3. The monoisotopic (exact) mass is 289 g/mol. The quantitative estimate of drug-likeness (QED) is 0.679. The molecule has 5 N–H and O–H groups in total. The van der Waals surface area contributed by atoms with Crippen LogP contribution in [0.25, 0.3) is 0 Å². The van der Waals surface area contributed by atoms with Gasteiger partial charge in [-0.05, 0) is 31.6 Å². The van der Waals surface area contributed by atoms with E-state index in [0.29, 0.717) is 18.3 Å². The highest BCUT2D eigenvalue weighted by Gasteiger charge is 2.28. The summed E-state index contributed by atoms with van der Waals surface area (Å²) >= 11 is 0. The average Bonchev–Trinajstić information content (AvgIpc) is 2.47. The molecule has 0 saturated carbocycles. The van der Waals surface area contributed by atoms with Crippen molar-refractivity contribution in [2.24, 2.45) is 22.4 Å². The van der Waals surface area contributed by atoms with Crippen molar-refractivity contribution in [3.05, 3.63) is 35.3 Å². The molecule has 21 heavy (non-hydrogen) atoms. The van der Waals surface area contributed by atoms with E-state index >= 15 is 0 Å². The summed E-state index contributed by atoms with van der Waals surface area (Å²) in [6.07, 6.45) is 11.1. The van der Waals surface area contributed by atoms with Crippen LogP contribution >= 0.6 is 0 Å². The first-order valence-corrected chi connectivity index (χ1v) is 7.84. The van der Waals surface area contributed by atoms with Crippen molar-refractivity contribution in [1.82, 2.24) is 10.2 Å². The van der Waals surface area contributed by atoms with Crippen LogP contribution in [0.4, 0.5) is 0 Å². The lowest BCUT2D eigenvalue weighted by molar-refractivity contribution is 0.393.